The van der Waals surface area contributed by atoms with Crippen LogP contribution >= 0.6 is 0 Å². The minimum atomic E-state index is -0.683. The number of hydrogen-bond donors (Lipinski definition) is 2. The SMILES string of the molecule is C=C1CCC[C@]2(C)CCC([C@H](C)CO)C[C@@]12O. The van der Waals surface area contributed by atoms with E-state index in [9.17, 15) is 10.2 Å². The largest absolute Gasteiger partial charge is 0.396 e. The topological polar surface area (TPSA) is 40.5 Å². The minimum absolute atomic E-state index is 0.0218. The lowest BCUT2D eigenvalue weighted by Gasteiger charge is -2.55. The van der Waals surface area contributed by atoms with Gasteiger partial charge in [-0.05, 0) is 55.9 Å². The molecule has 4 atom stereocenters. The molecule has 2 rings (SSSR count). The average Bonchev–Trinajstić information content (AvgIpc) is 2.30. The zero-order chi connectivity index (χ0) is 12.7. The first-order valence-electron chi connectivity index (χ1n) is 6.94. The Morgan fingerprint density at radius 1 is 1.47 bits per heavy atom. The summed E-state index contributed by atoms with van der Waals surface area (Å²) < 4.78 is 0. The molecule has 0 radical (unpaired) electrons. The third kappa shape index (κ3) is 1.96. The van der Waals surface area contributed by atoms with E-state index in [2.05, 4.69) is 20.4 Å². The number of aliphatic hydroxyl groups is 2. The van der Waals surface area contributed by atoms with Crippen LogP contribution in [0.25, 0.3) is 0 Å². The van der Waals surface area contributed by atoms with Gasteiger partial charge in [-0.3, -0.25) is 0 Å². The molecule has 1 unspecified atom stereocenters. The van der Waals surface area contributed by atoms with Gasteiger partial charge >= 0.3 is 0 Å². The molecule has 0 saturated heterocycles. The third-order valence-electron chi connectivity index (χ3n) is 5.51. The summed E-state index contributed by atoms with van der Waals surface area (Å²) >= 11 is 0. The van der Waals surface area contributed by atoms with Gasteiger partial charge in [-0.25, -0.2) is 0 Å². The lowest BCUT2D eigenvalue weighted by atomic mass is 9.53. The highest BCUT2D eigenvalue weighted by atomic mass is 16.3. The molecule has 0 amide bonds. The van der Waals surface area contributed by atoms with Crippen molar-refractivity contribution in [2.24, 2.45) is 17.3 Å². The molecule has 2 saturated carbocycles. The van der Waals surface area contributed by atoms with Crippen LogP contribution in [0.4, 0.5) is 0 Å². The Labute approximate surface area is 105 Å². The van der Waals surface area contributed by atoms with Gasteiger partial charge in [-0.15, -0.1) is 0 Å². The average molecular weight is 238 g/mol. The molecule has 0 heterocycles. The van der Waals surface area contributed by atoms with Gasteiger partial charge in [0, 0.05) is 12.0 Å². The molecule has 2 nitrogen and oxygen atoms in total. The fourth-order valence-corrected chi connectivity index (χ4v) is 3.88. The molecule has 0 bridgehead atoms. The van der Waals surface area contributed by atoms with Gasteiger partial charge in [0.1, 0.15) is 0 Å². The van der Waals surface area contributed by atoms with Crippen LogP contribution in [0.2, 0.25) is 0 Å². The molecule has 2 N–H and O–H groups in total. The number of hydrogen-bond acceptors (Lipinski definition) is 2. The highest BCUT2D eigenvalue weighted by Crippen LogP contribution is 2.56. The van der Waals surface area contributed by atoms with Crippen LogP contribution in [0, 0.1) is 17.3 Å². The van der Waals surface area contributed by atoms with Gasteiger partial charge in [0.05, 0.1) is 5.60 Å². The smallest absolute Gasteiger partial charge is 0.0910 e. The molecular formula is C15H26O2. The van der Waals surface area contributed by atoms with Crippen molar-refractivity contribution in [3.05, 3.63) is 12.2 Å². The minimum Gasteiger partial charge on any atom is -0.396 e. The van der Waals surface area contributed by atoms with Crippen LogP contribution in [-0.4, -0.2) is 22.4 Å². The predicted molar refractivity (Wildman–Crippen MR) is 69.6 cm³/mol. The maximum absolute atomic E-state index is 11.1. The van der Waals surface area contributed by atoms with Gasteiger partial charge in [0.25, 0.3) is 0 Å². The zero-order valence-corrected chi connectivity index (χ0v) is 11.2. The Morgan fingerprint density at radius 2 is 2.18 bits per heavy atom. The van der Waals surface area contributed by atoms with E-state index >= 15 is 0 Å². The fourth-order valence-electron chi connectivity index (χ4n) is 3.88. The summed E-state index contributed by atoms with van der Waals surface area (Å²) in [6.45, 7) is 8.65. The van der Waals surface area contributed by atoms with Crippen LogP contribution < -0.4 is 0 Å². The summed E-state index contributed by atoms with van der Waals surface area (Å²) in [6, 6.07) is 0. The van der Waals surface area contributed by atoms with E-state index in [1.165, 1.54) is 0 Å². The van der Waals surface area contributed by atoms with Crippen molar-refractivity contribution in [3.8, 4) is 0 Å². The second-order valence-corrected chi connectivity index (χ2v) is 6.54. The Bertz CT molecular complexity index is 312. The molecule has 17 heavy (non-hydrogen) atoms. The fraction of sp³-hybridized carbons (Fsp3) is 0.867. The van der Waals surface area contributed by atoms with E-state index in [4.69, 9.17) is 0 Å². The van der Waals surface area contributed by atoms with Crippen molar-refractivity contribution < 1.29 is 10.2 Å². The van der Waals surface area contributed by atoms with Crippen LogP contribution in [0.15, 0.2) is 12.2 Å². The lowest BCUT2D eigenvalue weighted by Crippen LogP contribution is -2.55. The number of fused-ring (bicyclic) bond motifs is 1. The van der Waals surface area contributed by atoms with E-state index in [1.54, 1.807) is 0 Å². The second-order valence-electron chi connectivity index (χ2n) is 6.54. The number of rotatable bonds is 2. The predicted octanol–water partition coefficient (Wildman–Crippen LogP) is 2.89. The Morgan fingerprint density at radius 3 is 2.82 bits per heavy atom. The molecule has 0 aliphatic heterocycles. The van der Waals surface area contributed by atoms with Crippen molar-refractivity contribution in [2.45, 2.75) is 58.0 Å². The lowest BCUT2D eigenvalue weighted by molar-refractivity contribution is -0.119. The second kappa shape index (κ2) is 4.40. The van der Waals surface area contributed by atoms with Crippen LogP contribution in [-0.2, 0) is 0 Å². The maximum atomic E-state index is 11.1. The summed E-state index contributed by atoms with van der Waals surface area (Å²) in [7, 11) is 0. The summed E-state index contributed by atoms with van der Waals surface area (Å²) in [5.41, 5.74) is 0.368. The van der Waals surface area contributed by atoms with Gasteiger partial charge in [-0.2, -0.15) is 0 Å². The first-order chi connectivity index (χ1) is 7.93. The van der Waals surface area contributed by atoms with Crippen LogP contribution in [0.1, 0.15) is 52.4 Å². The summed E-state index contributed by atoms with van der Waals surface area (Å²) in [6.07, 6.45) is 6.24. The molecule has 98 valence electrons. The Hall–Kier alpha value is -0.340. The van der Waals surface area contributed by atoms with Gasteiger partial charge in [-0.1, -0.05) is 20.4 Å². The molecule has 0 spiro atoms. The van der Waals surface area contributed by atoms with Crippen LogP contribution in [0.5, 0.6) is 0 Å². The monoisotopic (exact) mass is 238 g/mol. The highest BCUT2D eigenvalue weighted by Gasteiger charge is 2.54. The van der Waals surface area contributed by atoms with Crippen molar-refractivity contribution in [2.75, 3.05) is 6.61 Å². The number of aliphatic hydroxyl groups excluding tert-OH is 1. The van der Waals surface area contributed by atoms with E-state index in [0.717, 1.165) is 44.1 Å². The van der Waals surface area contributed by atoms with E-state index in [1.807, 2.05) is 0 Å². The van der Waals surface area contributed by atoms with E-state index < -0.39 is 5.60 Å². The Kier molecular flexibility index (Phi) is 3.39. The molecule has 2 aliphatic carbocycles. The summed E-state index contributed by atoms with van der Waals surface area (Å²) in [4.78, 5) is 0. The summed E-state index contributed by atoms with van der Waals surface area (Å²) in [5, 5.41) is 20.3. The molecule has 0 aromatic carbocycles. The molecule has 0 aromatic rings. The first-order valence-corrected chi connectivity index (χ1v) is 6.94. The van der Waals surface area contributed by atoms with E-state index in [-0.39, 0.29) is 12.0 Å². The summed E-state index contributed by atoms with van der Waals surface area (Å²) in [5.74, 6) is 0.728. The zero-order valence-electron chi connectivity index (χ0n) is 11.2. The molecule has 2 fully saturated rings. The van der Waals surface area contributed by atoms with Gasteiger partial charge in [0.15, 0.2) is 0 Å². The van der Waals surface area contributed by atoms with Crippen molar-refractivity contribution in [1.29, 1.82) is 0 Å². The van der Waals surface area contributed by atoms with Crippen molar-refractivity contribution in [1.82, 2.24) is 0 Å². The molecule has 2 heteroatoms. The van der Waals surface area contributed by atoms with Crippen LogP contribution in [0.3, 0.4) is 0 Å². The molecule has 2 aliphatic rings. The molecule has 0 aromatic heterocycles. The molecular weight excluding hydrogens is 212 g/mol. The van der Waals surface area contributed by atoms with Gasteiger partial charge < -0.3 is 10.2 Å². The Balaban J connectivity index is 2.22. The maximum Gasteiger partial charge on any atom is 0.0910 e. The van der Waals surface area contributed by atoms with Gasteiger partial charge in [0.2, 0.25) is 0 Å². The first kappa shape index (κ1) is 13.1. The third-order valence-corrected chi connectivity index (χ3v) is 5.51. The highest BCUT2D eigenvalue weighted by molar-refractivity contribution is 5.23. The van der Waals surface area contributed by atoms with E-state index in [0.29, 0.717) is 11.8 Å². The van der Waals surface area contributed by atoms with Crippen molar-refractivity contribution >= 4 is 0 Å². The van der Waals surface area contributed by atoms with Crippen molar-refractivity contribution in [3.63, 3.8) is 0 Å². The quantitative estimate of drug-likeness (QED) is 0.726. The standard InChI is InChI=1S/C15H26O2/c1-11(10-16)13-6-8-14(3)7-4-5-12(2)15(14,17)9-13/h11,13,16-17H,2,4-10H2,1,3H3/t11-,13?,14-,15-/m1/s1. The normalized spacial score (nSPS) is 44.2.